The van der Waals surface area contributed by atoms with Gasteiger partial charge in [0.05, 0.1) is 9.17 Å². The van der Waals surface area contributed by atoms with Crippen LogP contribution in [0.4, 0.5) is 0 Å². The molecule has 0 aliphatic rings. The lowest BCUT2D eigenvalue weighted by Gasteiger charge is -1.89. The minimum Gasteiger partial charge on any atom is -0.225 e. The van der Waals surface area contributed by atoms with E-state index in [1.807, 2.05) is 6.92 Å². The molecule has 2 rings (SSSR count). The quantitative estimate of drug-likeness (QED) is 0.681. The van der Waals surface area contributed by atoms with Gasteiger partial charge in [0.15, 0.2) is 0 Å². The number of rotatable bonds is 0. The Bertz CT molecular complexity index is 440. The zero-order chi connectivity index (χ0) is 8.72. The monoisotopic (exact) mass is 262 g/mol. The Hall–Kier alpha value is -0.190. The van der Waals surface area contributed by atoms with E-state index >= 15 is 0 Å². The van der Waals surface area contributed by atoms with Crippen molar-refractivity contribution in [2.24, 2.45) is 0 Å². The number of aryl methyl sites for hydroxylation is 1. The molecule has 2 aromatic rings. The highest BCUT2D eigenvalue weighted by atomic mass is 79.9. The van der Waals surface area contributed by atoms with Crippen LogP contribution in [0.25, 0.3) is 10.2 Å². The van der Waals surface area contributed by atoms with E-state index in [0.29, 0.717) is 5.28 Å². The lowest BCUT2D eigenvalue weighted by Crippen LogP contribution is -1.79. The van der Waals surface area contributed by atoms with Crippen LogP contribution in [0.15, 0.2) is 10.7 Å². The number of thiophene rings is 1. The summed E-state index contributed by atoms with van der Waals surface area (Å²) in [5, 5.41) is 0.293. The van der Waals surface area contributed by atoms with Crippen molar-refractivity contribution < 1.29 is 0 Å². The van der Waals surface area contributed by atoms with Gasteiger partial charge in [-0.05, 0) is 34.5 Å². The van der Waals surface area contributed by atoms with Crippen molar-refractivity contribution in [1.29, 1.82) is 0 Å². The van der Waals surface area contributed by atoms with Gasteiger partial charge < -0.3 is 0 Å². The molecule has 12 heavy (non-hydrogen) atoms. The van der Waals surface area contributed by atoms with Gasteiger partial charge >= 0.3 is 0 Å². The number of nitrogens with zero attached hydrogens (tertiary/aromatic N) is 2. The van der Waals surface area contributed by atoms with Crippen molar-refractivity contribution in [2.45, 2.75) is 6.92 Å². The molecule has 0 saturated carbocycles. The van der Waals surface area contributed by atoms with Gasteiger partial charge in [0.1, 0.15) is 5.52 Å². The molecule has 0 unspecified atom stereocenters. The Morgan fingerprint density at radius 3 is 3.08 bits per heavy atom. The molecule has 0 amide bonds. The largest absolute Gasteiger partial charge is 0.225 e. The van der Waals surface area contributed by atoms with Crippen LogP contribution in [0.2, 0.25) is 5.28 Å². The van der Waals surface area contributed by atoms with Crippen LogP contribution in [0.5, 0.6) is 0 Å². The molecule has 0 N–H and O–H groups in total. The van der Waals surface area contributed by atoms with E-state index in [9.17, 15) is 0 Å². The molecule has 0 aliphatic heterocycles. The third-order valence-corrected chi connectivity index (χ3v) is 3.95. The van der Waals surface area contributed by atoms with Crippen molar-refractivity contribution in [3.63, 3.8) is 0 Å². The maximum absolute atomic E-state index is 5.66. The molecule has 0 atom stereocenters. The van der Waals surface area contributed by atoms with Crippen molar-refractivity contribution in [2.75, 3.05) is 0 Å². The fourth-order valence-corrected chi connectivity index (χ4v) is 2.63. The molecule has 0 aromatic carbocycles. The first-order valence-electron chi connectivity index (χ1n) is 3.25. The molecule has 0 saturated heterocycles. The van der Waals surface area contributed by atoms with Crippen LogP contribution < -0.4 is 0 Å². The summed E-state index contributed by atoms with van der Waals surface area (Å²) in [6.45, 7) is 2.03. The van der Waals surface area contributed by atoms with Crippen molar-refractivity contribution >= 4 is 49.1 Å². The Balaban J connectivity index is 2.88. The summed E-state index contributed by atoms with van der Waals surface area (Å²) >= 11 is 10.8. The van der Waals surface area contributed by atoms with Gasteiger partial charge in [-0.25, -0.2) is 9.97 Å². The second-order valence-corrected chi connectivity index (χ2v) is 4.71. The molecule has 62 valence electrons. The SMILES string of the molecule is Cc1sc2cnc(Cl)nc2c1Br. The highest BCUT2D eigenvalue weighted by Crippen LogP contribution is 2.33. The van der Waals surface area contributed by atoms with Crippen molar-refractivity contribution in [1.82, 2.24) is 9.97 Å². The first-order chi connectivity index (χ1) is 5.68. The van der Waals surface area contributed by atoms with Crippen LogP contribution in [0.3, 0.4) is 0 Å². The number of hydrogen-bond acceptors (Lipinski definition) is 3. The fraction of sp³-hybridized carbons (Fsp3) is 0.143. The van der Waals surface area contributed by atoms with Crippen LogP contribution in [-0.4, -0.2) is 9.97 Å². The molecule has 0 spiro atoms. The fourth-order valence-electron chi connectivity index (χ4n) is 0.958. The first-order valence-corrected chi connectivity index (χ1v) is 5.24. The Kier molecular flexibility index (Phi) is 2.06. The number of halogens is 2. The molecule has 2 heterocycles. The standard InChI is InChI=1S/C7H4BrClN2S/c1-3-5(8)6-4(12-3)2-10-7(9)11-6/h2H,1H3. The smallest absolute Gasteiger partial charge is 0.222 e. The minimum atomic E-state index is 0.293. The van der Waals surface area contributed by atoms with E-state index in [1.165, 1.54) is 4.88 Å². The number of hydrogen-bond donors (Lipinski definition) is 0. The predicted molar refractivity (Wildman–Crippen MR) is 54.9 cm³/mol. The molecular formula is C7H4BrClN2S. The maximum atomic E-state index is 5.66. The lowest BCUT2D eigenvalue weighted by molar-refractivity contribution is 1.23. The van der Waals surface area contributed by atoms with Gasteiger partial charge in [-0.3, -0.25) is 0 Å². The predicted octanol–water partition coefficient (Wildman–Crippen LogP) is 3.42. The lowest BCUT2D eigenvalue weighted by atomic mass is 10.4. The van der Waals surface area contributed by atoms with Gasteiger partial charge in [0, 0.05) is 11.1 Å². The molecule has 0 fully saturated rings. The van der Waals surface area contributed by atoms with Crippen LogP contribution in [0.1, 0.15) is 4.88 Å². The Morgan fingerprint density at radius 2 is 2.33 bits per heavy atom. The number of aromatic nitrogens is 2. The van der Waals surface area contributed by atoms with Crippen LogP contribution >= 0.6 is 38.9 Å². The van der Waals surface area contributed by atoms with Crippen molar-refractivity contribution in [3.8, 4) is 0 Å². The molecule has 2 nitrogen and oxygen atoms in total. The summed E-state index contributed by atoms with van der Waals surface area (Å²) in [5.74, 6) is 0. The topological polar surface area (TPSA) is 25.8 Å². The molecule has 0 aliphatic carbocycles. The summed E-state index contributed by atoms with van der Waals surface area (Å²) in [6, 6.07) is 0. The summed E-state index contributed by atoms with van der Waals surface area (Å²) < 4.78 is 2.08. The Labute approximate surface area is 86.7 Å². The van der Waals surface area contributed by atoms with Crippen molar-refractivity contribution in [3.05, 3.63) is 20.8 Å². The van der Waals surface area contributed by atoms with Gasteiger partial charge in [0.2, 0.25) is 5.28 Å². The van der Waals surface area contributed by atoms with Crippen LogP contribution in [-0.2, 0) is 0 Å². The summed E-state index contributed by atoms with van der Waals surface area (Å²) in [4.78, 5) is 9.22. The van der Waals surface area contributed by atoms with Crippen LogP contribution in [0, 0.1) is 6.92 Å². The third kappa shape index (κ3) is 1.24. The Morgan fingerprint density at radius 1 is 1.58 bits per heavy atom. The van der Waals surface area contributed by atoms with Gasteiger partial charge in [0.25, 0.3) is 0 Å². The maximum Gasteiger partial charge on any atom is 0.222 e. The third-order valence-electron chi connectivity index (χ3n) is 1.51. The average Bonchev–Trinajstić information content (AvgIpc) is 2.31. The number of fused-ring (bicyclic) bond motifs is 1. The average molecular weight is 264 g/mol. The minimum absolute atomic E-state index is 0.293. The van der Waals surface area contributed by atoms with E-state index < -0.39 is 0 Å². The summed E-state index contributed by atoms with van der Waals surface area (Å²) in [7, 11) is 0. The normalized spacial score (nSPS) is 10.9. The summed E-state index contributed by atoms with van der Waals surface area (Å²) in [6.07, 6.45) is 1.74. The summed E-state index contributed by atoms with van der Waals surface area (Å²) in [5.41, 5.74) is 0.900. The molecule has 5 heteroatoms. The van der Waals surface area contributed by atoms with E-state index in [4.69, 9.17) is 11.6 Å². The highest BCUT2D eigenvalue weighted by molar-refractivity contribution is 9.10. The molecular weight excluding hydrogens is 260 g/mol. The molecule has 0 radical (unpaired) electrons. The first kappa shape index (κ1) is 8.41. The van der Waals surface area contributed by atoms with E-state index in [1.54, 1.807) is 17.5 Å². The van der Waals surface area contributed by atoms with E-state index in [-0.39, 0.29) is 0 Å². The highest BCUT2D eigenvalue weighted by Gasteiger charge is 2.07. The second-order valence-electron chi connectivity index (χ2n) is 2.32. The molecule has 0 bridgehead atoms. The zero-order valence-electron chi connectivity index (χ0n) is 6.14. The van der Waals surface area contributed by atoms with E-state index in [0.717, 1.165) is 14.7 Å². The van der Waals surface area contributed by atoms with Gasteiger partial charge in [-0.2, -0.15) is 0 Å². The van der Waals surface area contributed by atoms with Gasteiger partial charge in [-0.15, -0.1) is 11.3 Å². The second kappa shape index (κ2) is 2.94. The zero-order valence-corrected chi connectivity index (χ0v) is 9.29. The molecule has 2 aromatic heterocycles. The van der Waals surface area contributed by atoms with E-state index in [2.05, 4.69) is 25.9 Å². The van der Waals surface area contributed by atoms with Gasteiger partial charge in [-0.1, -0.05) is 0 Å².